The smallest absolute Gasteiger partial charge is 0.238 e. The number of carbonyl (C=O) groups excluding carboxylic acids is 4. The Labute approximate surface area is 251 Å². The van der Waals surface area contributed by atoms with Crippen molar-refractivity contribution in [2.75, 3.05) is 0 Å². The quantitative estimate of drug-likeness (QED) is 0.392. The zero-order valence-electron chi connectivity index (χ0n) is 26.8. The molecule has 228 valence electrons. The van der Waals surface area contributed by atoms with Gasteiger partial charge in [-0.1, -0.05) is 60.1 Å². The fourth-order valence-corrected chi connectivity index (χ4v) is 10.8. The molecule has 0 bridgehead atoms. The summed E-state index contributed by atoms with van der Waals surface area (Å²) in [6, 6.07) is 2.19. The number of nitrogens with zero attached hydrogens (tertiary/aromatic N) is 1. The van der Waals surface area contributed by atoms with Crippen LogP contribution in [-0.2, 0) is 19.2 Å². The lowest BCUT2D eigenvalue weighted by Gasteiger charge is -2.69. The number of rotatable bonds is 3. The van der Waals surface area contributed by atoms with Gasteiger partial charge in [-0.15, -0.1) is 0 Å². The van der Waals surface area contributed by atoms with E-state index < -0.39 is 10.8 Å². The van der Waals surface area contributed by atoms with Crippen LogP contribution in [0.25, 0.3) is 0 Å². The third kappa shape index (κ3) is 4.26. The molecule has 3 fully saturated rings. The third-order valence-corrected chi connectivity index (χ3v) is 13.3. The van der Waals surface area contributed by atoms with Crippen molar-refractivity contribution in [3.05, 3.63) is 23.3 Å². The van der Waals surface area contributed by atoms with Crippen LogP contribution in [0.4, 0.5) is 0 Å². The minimum atomic E-state index is -0.676. The maximum absolute atomic E-state index is 14.6. The van der Waals surface area contributed by atoms with E-state index in [0.717, 1.165) is 50.5 Å². The molecular weight excluding hydrogens is 526 g/mol. The summed E-state index contributed by atoms with van der Waals surface area (Å²) in [5.41, 5.74) is 4.54. The van der Waals surface area contributed by atoms with E-state index >= 15 is 0 Å². The zero-order chi connectivity index (χ0) is 31.1. The Kier molecular flexibility index (Phi) is 7.04. The Bertz CT molecular complexity index is 1350. The van der Waals surface area contributed by atoms with Gasteiger partial charge in [0.05, 0.1) is 5.57 Å². The van der Waals surface area contributed by atoms with Crippen LogP contribution < -0.4 is 10.9 Å². The van der Waals surface area contributed by atoms with Gasteiger partial charge in [0.15, 0.2) is 11.6 Å². The van der Waals surface area contributed by atoms with Crippen LogP contribution in [0.3, 0.4) is 0 Å². The molecule has 0 aromatic heterocycles. The highest BCUT2D eigenvalue weighted by Crippen LogP contribution is 2.75. The molecule has 5 aliphatic carbocycles. The highest BCUT2D eigenvalue weighted by atomic mass is 16.2. The SMILES string of the molecule is CC(=O)NNC(=O)CCC12CCC(C)(C)CC1C1C(=O)C=C3C4(C)C=C(C#N)C(=O)C(C)(C)C4CCC3(C)C1(C)CC2. The lowest BCUT2D eigenvalue weighted by atomic mass is 9.34. The molecule has 0 spiro atoms. The van der Waals surface area contributed by atoms with Crippen molar-refractivity contribution in [3.8, 4) is 6.07 Å². The van der Waals surface area contributed by atoms with Crippen molar-refractivity contribution in [2.24, 2.45) is 50.2 Å². The standard InChI is InChI=1S/C35H49N3O4/c1-21(39)37-38-27(41)10-12-35-15-13-30(2,3)19-23(35)28-24(40)17-26-32(6)18-22(20-36)29(42)31(4,5)25(32)9-11-33(26,7)34(28,8)14-16-35/h17-18,23,25,28H,9-16,19H2,1-8H3,(H,37,39)(H,38,41). The van der Waals surface area contributed by atoms with Crippen molar-refractivity contribution >= 4 is 23.4 Å². The summed E-state index contributed by atoms with van der Waals surface area (Å²) in [5.74, 6) is -0.352. The summed E-state index contributed by atoms with van der Waals surface area (Å²) in [6.07, 6.45) is 11.5. The molecule has 2 N–H and O–H groups in total. The van der Waals surface area contributed by atoms with E-state index in [0.29, 0.717) is 12.8 Å². The molecule has 5 aliphatic rings. The van der Waals surface area contributed by atoms with E-state index in [9.17, 15) is 24.4 Å². The van der Waals surface area contributed by atoms with Gasteiger partial charge in [0, 0.05) is 30.1 Å². The minimum absolute atomic E-state index is 0.0281. The number of carbonyl (C=O) groups is 4. The summed E-state index contributed by atoms with van der Waals surface area (Å²) in [5, 5.41) is 9.93. The summed E-state index contributed by atoms with van der Waals surface area (Å²) < 4.78 is 0. The van der Waals surface area contributed by atoms with Crippen molar-refractivity contribution in [3.63, 3.8) is 0 Å². The first-order chi connectivity index (χ1) is 19.4. The van der Waals surface area contributed by atoms with Crippen LogP contribution in [0.1, 0.15) is 113 Å². The monoisotopic (exact) mass is 575 g/mol. The summed E-state index contributed by atoms with van der Waals surface area (Å²) >= 11 is 0. The molecule has 0 aromatic rings. The van der Waals surface area contributed by atoms with Crippen molar-refractivity contribution < 1.29 is 19.2 Å². The van der Waals surface area contributed by atoms with Gasteiger partial charge >= 0.3 is 0 Å². The van der Waals surface area contributed by atoms with Gasteiger partial charge in [0.25, 0.3) is 0 Å². The number of fused-ring (bicyclic) bond motifs is 7. The van der Waals surface area contributed by atoms with Crippen LogP contribution >= 0.6 is 0 Å². The molecule has 7 unspecified atom stereocenters. The van der Waals surface area contributed by atoms with E-state index in [1.807, 2.05) is 26.0 Å². The van der Waals surface area contributed by atoms with Crippen LogP contribution in [-0.4, -0.2) is 23.4 Å². The Morgan fingerprint density at radius 2 is 1.64 bits per heavy atom. The first-order valence-corrected chi connectivity index (χ1v) is 15.9. The first-order valence-electron chi connectivity index (χ1n) is 15.9. The largest absolute Gasteiger partial charge is 0.295 e. The first kappa shape index (κ1) is 30.7. The maximum atomic E-state index is 14.6. The molecule has 5 rings (SSSR count). The van der Waals surface area contributed by atoms with E-state index in [1.54, 1.807) is 0 Å². The predicted octanol–water partition coefficient (Wildman–Crippen LogP) is 6.15. The number of hydrogen-bond donors (Lipinski definition) is 2. The Balaban J connectivity index is 1.57. The number of nitriles is 1. The van der Waals surface area contributed by atoms with E-state index in [2.05, 4.69) is 51.5 Å². The van der Waals surface area contributed by atoms with Gasteiger partial charge < -0.3 is 0 Å². The second-order valence-electron chi connectivity index (χ2n) is 16.3. The maximum Gasteiger partial charge on any atom is 0.238 e. The van der Waals surface area contributed by atoms with Crippen molar-refractivity contribution in [1.29, 1.82) is 5.26 Å². The fraction of sp³-hybridized carbons (Fsp3) is 0.743. The Morgan fingerprint density at radius 1 is 0.976 bits per heavy atom. The second kappa shape index (κ2) is 9.63. The minimum Gasteiger partial charge on any atom is -0.295 e. The number of ketones is 2. The number of nitrogens with one attached hydrogen (secondary N) is 2. The average Bonchev–Trinajstić information content (AvgIpc) is 2.90. The van der Waals surface area contributed by atoms with E-state index in [1.165, 1.54) is 6.92 Å². The number of amides is 2. The highest BCUT2D eigenvalue weighted by molar-refractivity contribution is 6.04. The van der Waals surface area contributed by atoms with Crippen LogP contribution in [0.5, 0.6) is 0 Å². The van der Waals surface area contributed by atoms with Gasteiger partial charge in [-0.2, -0.15) is 5.26 Å². The normalized spacial score (nSPS) is 41.5. The molecule has 0 aliphatic heterocycles. The lowest BCUT2D eigenvalue weighted by molar-refractivity contribution is -0.173. The van der Waals surface area contributed by atoms with E-state index in [-0.39, 0.29) is 68.4 Å². The molecule has 7 atom stereocenters. The Hall–Kier alpha value is -2.75. The Morgan fingerprint density at radius 3 is 2.29 bits per heavy atom. The van der Waals surface area contributed by atoms with Gasteiger partial charge in [0.2, 0.25) is 11.8 Å². The molecule has 7 nitrogen and oxygen atoms in total. The molecule has 0 radical (unpaired) electrons. The third-order valence-electron chi connectivity index (χ3n) is 13.3. The predicted molar refractivity (Wildman–Crippen MR) is 160 cm³/mol. The van der Waals surface area contributed by atoms with Gasteiger partial charge in [0.1, 0.15) is 6.07 Å². The fourth-order valence-electron chi connectivity index (χ4n) is 10.8. The molecule has 3 saturated carbocycles. The second-order valence-corrected chi connectivity index (χ2v) is 16.3. The molecule has 0 heterocycles. The van der Waals surface area contributed by atoms with Crippen molar-refractivity contribution in [1.82, 2.24) is 10.9 Å². The number of hydrazine groups is 1. The molecule has 7 heteroatoms. The van der Waals surface area contributed by atoms with Gasteiger partial charge in [-0.05, 0) is 90.9 Å². The number of allylic oxidation sites excluding steroid dienone is 4. The molecular formula is C35H49N3O4. The topological polar surface area (TPSA) is 116 Å². The average molecular weight is 576 g/mol. The van der Waals surface area contributed by atoms with E-state index in [4.69, 9.17) is 0 Å². The van der Waals surface area contributed by atoms with Crippen LogP contribution in [0.15, 0.2) is 23.3 Å². The van der Waals surface area contributed by atoms with Crippen LogP contribution in [0, 0.1) is 61.6 Å². The molecule has 42 heavy (non-hydrogen) atoms. The molecule has 0 saturated heterocycles. The van der Waals surface area contributed by atoms with Gasteiger partial charge in [-0.25, -0.2) is 0 Å². The molecule has 0 aromatic carbocycles. The highest BCUT2D eigenvalue weighted by Gasteiger charge is 2.69. The number of Topliss-reactive ketones (excluding diaryl/α,β-unsaturated/α-hetero) is 1. The van der Waals surface area contributed by atoms with Crippen molar-refractivity contribution in [2.45, 2.75) is 113 Å². The number of hydrogen-bond acceptors (Lipinski definition) is 5. The van der Waals surface area contributed by atoms with Crippen LogP contribution in [0.2, 0.25) is 0 Å². The summed E-state index contributed by atoms with van der Waals surface area (Å²) in [7, 11) is 0. The zero-order valence-corrected chi connectivity index (χ0v) is 26.8. The van der Waals surface area contributed by atoms with Gasteiger partial charge in [-0.3, -0.25) is 30.0 Å². The summed E-state index contributed by atoms with van der Waals surface area (Å²) in [6.45, 7) is 16.8. The summed E-state index contributed by atoms with van der Waals surface area (Å²) in [4.78, 5) is 51.9. The lowest BCUT2D eigenvalue weighted by Crippen LogP contribution is -2.64. The molecule has 2 amide bonds.